The van der Waals surface area contributed by atoms with Crippen LogP contribution in [0.2, 0.25) is 0 Å². The van der Waals surface area contributed by atoms with E-state index in [4.69, 9.17) is 4.98 Å². The minimum atomic E-state index is -0.0522. The molecular formula is C29H40N6O2. The SMILES string of the molecule is CC(C)C(=O)N1CCN(Cc2ccc([C@H](C)Nc3ncc4ccc(=O)n(CC(C)(C)C)c4n3)cc2)CC1. The zero-order valence-corrected chi connectivity index (χ0v) is 23.0. The lowest BCUT2D eigenvalue weighted by Crippen LogP contribution is -2.49. The standard InChI is InChI=1S/C29H40N6O2/c1-20(2)27(37)34-15-13-33(14-16-34)18-22-7-9-23(10-8-22)21(3)31-28-30-17-24-11-12-25(36)35(26(24)32-28)19-29(4,5)6/h7-12,17,20-21H,13-16,18-19H2,1-6H3,(H,30,31,32)/t21-/m0/s1. The summed E-state index contributed by atoms with van der Waals surface area (Å²) in [4.78, 5) is 38.4. The van der Waals surface area contributed by atoms with Crippen LogP contribution in [0.25, 0.3) is 11.0 Å². The smallest absolute Gasteiger partial charge is 0.252 e. The maximum Gasteiger partial charge on any atom is 0.252 e. The van der Waals surface area contributed by atoms with Gasteiger partial charge in [0.05, 0.1) is 6.04 Å². The van der Waals surface area contributed by atoms with Crippen molar-refractivity contribution in [3.63, 3.8) is 0 Å². The highest BCUT2D eigenvalue weighted by Crippen LogP contribution is 2.22. The molecule has 1 atom stereocenters. The number of nitrogens with zero attached hydrogens (tertiary/aromatic N) is 5. The molecule has 8 heteroatoms. The van der Waals surface area contributed by atoms with Gasteiger partial charge in [0.15, 0.2) is 0 Å². The van der Waals surface area contributed by atoms with E-state index >= 15 is 0 Å². The lowest BCUT2D eigenvalue weighted by atomic mass is 9.97. The molecule has 0 saturated carbocycles. The van der Waals surface area contributed by atoms with Crippen LogP contribution >= 0.6 is 0 Å². The van der Waals surface area contributed by atoms with Gasteiger partial charge in [0.1, 0.15) is 5.65 Å². The van der Waals surface area contributed by atoms with E-state index in [1.54, 1.807) is 22.9 Å². The second kappa shape index (κ2) is 11.0. The number of benzene rings is 1. The average molecular weight is 505 g/mol. The van der Waals surface area contributed by atoms with Crippen LogP contribution < -0.4 is 10.9 Å². The number of piperazine rings is 1. The fourth-order valence-electron chi connectivity index (χ4n) is 4.71. The van der Waals surface area contributed by atoms with Gasteiger partial charge < -0.3 is 10.2 Å². The summed E-state index contributed by atoms with van der Waals surface area (Å²) in [6, 6.07) is 12.0. The Bertz CT molecular complexity index is 1280. The molecule has 3 heterocycles. The number of hydrogen-bond donors (Lipinski definition) is 1. The van der Waals surface area contributed by atoms with Gasteiger partial charge in [-0.25, -0.2) is 4.98 Å². The summed E-state index contributed by atoms with van der Waals surface area (Å²) in [6.07, 6.45) is 1.77. The third kappa shape index (κ3) is 6.74. The molecule has 3 aromatic rings. The molecule has 1 aliphatic heterocycles. The zero-order valence-electron chi connectivity index (χ0n) is 23.0. The van der Waals surface area contributed by atoms with Crippen LogP contribution in [-0.2, 0) is 17.9 Å². The molecule has 198 valence electrons. The van der Waals surface area contributed by atoms with Gasteiger partial charge in [-0.2, -0.15) is 4.98 Å². The van der Waals surface area contributed by atoms with Gasteiger partial charge in [-0.1, -0.05) is 58.9 Å². The van der Waals surface area contributed by atoms with Gasteiger partial charge in [0, 0.05) is 62.8 Å². The van der Waals surface area contributed by atoms with E-state index in [0.717, 1.165) is 43.7 Å². The Hall–Kier alpha value is -3.26. The van der Waals surface area contributed by atoms with Crippen LogP contribution in [0.4, 0.5) is 5.95 Å². The van der Waals surface area contributed by atoms with Crippen LogP contribution in [0.15, 0.2) is 47.4 Å². The lowest BCUT2D eigenvalue weighted by molar-refractivity contribution is -0.136. The Balaban J connectivity index is 1.40. The number of fused-ring (bicyclic) bond motifs is 1. The van der Waals surface area contributed by atoms with Crippen LogP contribution in [0.1, 0.15) is 58.7 Å². The number of pyridine rings is 1. The highest BCUT2D eigenvalue weighted by atomic mass is 16.2. The normalized spacial score (nSPS) is 15.8. The number of carbonyl (C=O) groups excluding carboxylic acids is 1. The van der Waals surface area contributed by atoms with Crippen molar-refractivity contribution in [3.8, 4) is 0 Å². The summed E-state index contributed by atoms with van der Waals surface area (Å²) in [5, 5.41) is 4.25. The molecule has 1 amide bonds. The van der Waals surface area contributed by atoms with E-state index in [-0.39, 0.29) is 28.8 Å². The topological polar surface area (TPSA) is 83.4 Å². The first-order valence-corrected chi connectivity index (χ1v) is 13.2. The summed E-state index contributed by atoms with van der Waals surface area (Å²) in [7, 11) is 0. The molecule has 1 aliphatic rings. The Morgan fingerprint density at radius 3 is 2.30 bits per heavy atom. The quantitative estimate of drug-likeness (QED) is 0.516. The van der Waals surface area contributed by atoms with Crippen molar-refractivity contribution >= 4 is 22.9 Å². The molecule has 1 fully saturated rings. The first kappa shape index (κ1) is 26.8. The second-order valence-corrected chi connectivity index (χ2v) is 11.7. The van der Waals surface area contributed by atoms with Crippen LogP contribution in [0, 0.1) is 11.3 Å². The fourth-order valence-corrected chi connectivity index (χ4v) is 4.71. The Labute approximate surface area is 219 Å². The van der Waals surface area contributed by atoms with Crippen molar-refractivity contribution in [1.82, 2.24) is 24.3 Å². The van der Waals surface area contributed by atoms with Crippen molar-refractivity contribution in [2.75, 3.05) is 31.5 Å². The molecule has 0 bridgehead atoms. The molecule has 37 heavy (non-hydrogen) atoms. The Morgan fingerprint density at radius 1 is 1.00 bits per heavy atom. The molecule has 0 unspecified atom stereocenters. The van der Waals surface area contributed by atoms with E-state index in [0.29, 0.717) is 18.1 Å². The Kier molecular flexibility index (Phi) is 7.97. The van der Waals surface area contributed by atoms with Crippen LogP contribution in [0.3, 0.4) is 0 Å². The summed E-state index contributed by atoms with van der Waals surface area (Å²) < 4.78 is 1.74. The second-order valence-electron chi connectivity index (χ2n) is 11.7. The summed E-state index contributed by atoms with van der Waals surface area (Å²) in [6.45, 7) is 17.2. The van der Waals surface area contributed by atoms with Crippen molar-refractivity contribution in [2.24, 2.45) is 11.3 Å². The summed E-state index contributed by atoms with van der Waals surface area (Å²) in [5.41, 5.74) is 2.94. The largest absolute Gasteiger partial charge is 0.348 e. The maximum atomic E-state index is 12.6. The minimum absolute atomic E-state index is 0.00333. The highest BCUT2D eigenvalue weighted by molar-refractivity contribution is 5.78. The monoisotopic (exact) mass is 504 g/mol. The van der Waals surface area contributed by atoms with Gasteiger partial charge in [0.2, 0.25) is 11.9 Å². The van der Waals surface area contributed by atoms with Gasteiger partial charge in [-0.15, -0.1) is 0 Å². The van der Waals surface area contributed by atoms with Crippen LogP contribution in [-0.4, -0.2) is 56.4 Å². The fraction of sp³-hybridized carbons (Fsp3) is 0.517. The zero-order chi connectivity index (χ0) is 26.7. The van der Waals surface area contributed by atoms with Crippen molar-refractivity contribution in [3.05, 3.63) is 64.1 Å². The summed E-state index contributed by atoms with van der Waals surface area (Å²) >= 11 is 0. The van der Waals surface area contributed by atoms with Crippen molar-refractivity contribution in [1.29, 1.82) is 0 Å². The van der Waals surface area contributed by atoms with E-state index in [1.807, 2.05) is 18.7 Å². The third-order valence-corrected chi connectivity index (χ3v) is 6.76. The molecule has 1 N–H and O–H groups in total. The van der Waals surface area contributed by atoms with Gasteiger partial charge in [0.25, 0.3) is 5.56 Å². The molecule has 1 aromatic carbocycles. The predicted molar refractivity (Wildman–Crippen MR) is 148 cm³/mol. The molecule has 0 radical (unpaired) electrons. The van der Waals surface area contributed by atoms with Crippen molar-refractivity contribution in [2.45, 2.75) is 60.7 Å². The number of aromatic nitrogens is 3. The van der Waals surface area contributed by atoms with E-state index in [9.17, 15) is 9.59 Å². The summed E-state index contributed by atoms with van der Waals surface area (Å²) in [5.74, 6) is 0.813. The number of nitrogens with one attached hydrogen (secondary N) is 1. The van der Waals surface area contributed by atoms with Gasteiger partial charge >= 0.3 is 0 Å². The first-order chi connectivity index (χ1) is 17.5. The maximum absolute atomic E-state index is 12.6. The number of hydrogen-bond acceptors (Lipinski definition) is 6. The predicted octanol–water partition coefficient (Wildman–Crippen LogP) is 4.31. The Morgan fingerprint density at radius 2 is 1.68 bits per heavy atom. The van der Waals surface area contributed by atoms with Crippen LogP contribution in [0.5, 0.6) is 0 Å². The molecule has 0 spiro atoms. The molecule has 1 saturated heterocycles. The minimum Gasteiger partial charge on any atom is -0.348 e. The van der Waals surface area contributed by atoms with Gasteiger partial charge in [-0.05, 0) is 29.5 Å². The van der Waals surface area contributed by atoms with Crippen molar-refractivity contribution < 1.29 is 4.79 Å². The molecule has 8 nitrogen and oxygen atoms in total. The van der Waals surface area contributed by atoms with E-state index in [2.05, 4.69) is 67.2 Å². The molecular weight excluding hydrogens is 464 g/mol. The number of rotatable bonds is 7. The third-order valence-electron chi connectivity index (χ3n) is 6.76. The molecule has 2 aromatic heterocycles. The highest BCUT2D eigenvalue weighted by Gasteiger charge is 2.23. The number of amides is 1. The van der Waals surface area contributed by atoms with E-state index < -0.39 is 0 Å². The number of carbonyl (C=O) groups is 1. The molecule has 4 rings (SSSR count). The lowest BCUT2D eigenvalue weighted by Gasteiger charge is -2.35. The van der Waals surface area contributed by atoms with E-state index in [1.165, 1.54) is 5.56 Å². The molecule has 0 aliphatic carbocycles. The van der Waals surface area contributed by atoms with Gasteiger partial charge in [-0.3, -0.25) is 19.1 Å². The first-order valence-electron chi connectivity index (χ1n) is 13.2. The average Bonchev–Trinajstić information content (AvgIpc) is 2.85. The number of anilines is 1.